The van der Waals surface area contributed by atoms with Crippen molar-refractivity contribution in [2.45, 2.75) is 25.4 Å². The van der Waals surface area contributed by atoms with Gasteiger partial charge in [0.15, 0.2) is 0 Å². The molecule has 0 saturated heterocycles. The summed E-state index contributed by atoms with van der Waals surface area (Å²) in [4.78, 5) is 22.2. The van der Waals surface area contributed by atoms with Crippen LogP contribution in [0.3, 0.4) is 0 Å². The molecule has 0 atom stereocenters. The van der Waals surface area contributed by atoms with E-state index in [4.69, 9.17) is 7.85 Å². The van der Waals surface area contributed by atoms with E-state index in [-0.39, 0.29) is 17.8 Å². The van der Waals surface area contributed by atoms with E-state index in [1.54, 1.807) is 0 Å². The maximum absolute atomic E-state index is 11.6. The molecule has 2 radical (unpaired) electrons. The Morgan fingerprint density at radius 2 is 2.26 bits per heavy atom. The Morgan fingerprint density at radius 3 is 2.79 bits per heavy atom. The van der Waals surface area contributed by atoms with Crippen molar-refractivity contribution < 1.29 is 14.5 Å². The second-order valence-corrected chi connectivity index (χ2v) is 4.43. The zero-order chi connectivity index (χ0) is 14.0. The molecular weight excluding hydrogens is 247 g/mol. The average molecular weight is 260 g/mol. The van der Waals surface area contributed by atoms with Crippen molar-refractivity contribution in [2.24, 2.45) is 0 Å². The van der Waals surface area contributed by atoms with Crippen molar-refractivity contribution in [1.29, 1.82) is 0 Å². The third kappa shape index (κ3) is 2.93. The molecule has 0 aliphatic heterocycles. The molecule has 0 unspecified atom stereocenters. The summed E-state index contributed by atoms with van der Waals surface area (Å²) >= 11 is 0. The fraction of sp³-hybridized carbons (Fsp3) is 0.417. The minimum Gasteiger partial charge on any atom is -0.465 e. The molecule has 0 amide bonds. The minimum atomic E-state index is -0.737. The van der Waals surface area contributed by atoms with Gasteiger partial charge in [0.05, 0.1) is 12.0 Å². The van der Waals surface area contributed by atoms with Crippen LogP contribution in [0.1, 0.15) is 28.8 Å². The Kier molecular flexibility index (Phi) is 3.85. The van der Waals surface area contributed by atoms with Crippen LogP contribution >= 0.6 is 0 Å². The van der Waals surface area contributed by atoms with Crippen molar-refractivity contribution in [3.05, 3.63) is 33.4 Å². The Hall–Kier alpha value is -1.89. The number of carbonyl (C=O) groups is 1. The van der Waals surface area contributed by atoms with Crippen LogP contribution in [-0.4, -0.2) is 31.9 Å². The first kappa shape index (κ1) is 13.5. The van der Waals surface area contributed by atoms with Crippen LogP contribution in [0.4, 0.5) is 5.69 Å². The zero-order valence-electron chi connectivity index (χ0n) is 10.5. The predicted octanol–water partition coefficient (Wildman–Crippen LogP) is 0.427. The van der Waals surface area contributed by atoms with Gasteiger partial charge in [-0.15, -0.1) is 0 Å². The highest BCUT2D eigenvalue weighted by atomic mass is 16.6. The van der Waals surface area contributed by atoms with Gasteiger partial charge in [-0.05, 0) is 18.9 Å². The summed E-state index contributed by atoms with van der Waals surface area (Å²) in [6.07, 6.45) is 2.12. The third-order valence-electron chi connectivity index (χ3n) is 3.05. The number of esters is 1. The normalized spacial score (nSPS) is 14.2. The summed E-state index contributed by atoms with van der Waals surface area (Å²) in [5.41, 5.74) is 0.279. The number of nitrogens with zero attached hydrogens (tertiary/aromatic N) is 1. The van der Waals surface area contributed by atoms with Gasteiger partial charge in [-0.1, -0.05) is 11.5 Å². The molecule has 1 N–H and O–H groups in total. The first-order chi connectivity index (χ1) is 9.04. The van der Waals surface area contributed by atoms with Crippen molar-refractivity contribution in [3.63, 3.8) is 0 Å². The Labute approximate surface area is 111 Å². The molecule has 7 heteroatoms. The van der Waals surface area contributed by atoms with Crippen molar-refractivity contribution in [1.82, 2.24) is 5.32 Å². The number of nitrogens with one attached hydrogen (secondary N) is 1. The van der Waals surface area contributed by atoms with E-state index in [0.29, 0.717) is 17.1 Å². The Balaban J connectivity index is 2.41. The number of hydrogen-bond acceptors (Lipinski definition) is 5. The number of carbonyl (C=O) groups excluding carboxylic acids is 1. The molecule has 0 spiro atoms. The summed E-state index contributed by atoms with van der Waals surface area (Å²) in [6, 6.07) is 3.20. The fourth-order valence-electron chi connectivity index (χ4n) is 1.85. The summed E-state index contributed by atoms with van der Waals surface area (Å²) in [7, 11) is 6.96. The van der Waals surface area contributed by atoms with E-state index in [9.17, 15) is 14.9 Å². The summed E-state index contributed by atoms with van der Waals surface area (Å²) < 4.78 is 4.56. The lowest BCUT2D eigenvalue weighted by Gasteiger charge is -2.11. The molecule has 0 bridgehead atoms. The van der Waals surface area contributed by atoms with Crippen LogP contribution in [-0.2, 0) is 11.3 Å². The number of ether oxygens (including phenoxy) is 1. The molecule has 1 aliphatic carbocycles. The molecule has 2 rings (SSSR count). The zero-order valence-corrected chi connectivity index (χ0v) is 10.5. The SMILES string of the molecule is [B]c1ccc(C(=O)OC)c([N+](=O)[O-])c1CNC1CC1. The topological polar surface area (TPSA) is 81.5 Å². The van der Waals surface area contributed by atoms with Crippen molar-refractivity contribution in [3.8, 4) is 0 Å². The molecule has 6 nitrogen and oxygen atoms in total. The molecule has 1 fully saturated rings. The maximum atomic E-state index is 11.6. The fourth-order valence-corrected chi connectivity index (χ4v) is 1.85. The molecule has 0 heterocycles. The number of methoxy groups -OCH3 is 1. The maximum Gasteiger partial charge on any atom is 0.344 e. The summed E-state index contributed by atoms with van der Waals surface area (Å²) in [5.74, 6) is -0.737. The average Bonchev–Trinajstić information content (AvgIpc) is 3.19. The lowest BCUT2D eigenvalue weighted by molar-refractivity contribution is -0.385. The van der Waals surface area contributed by atoms with Crippen molar-refractivity contribution >= 4 is 25.0 Å². The Morgan fingerprint density at radius 1 is 1.58 bits per heavy atom. The van der Waals surface area contributed by atoms with E-state index < -0.39 is 10.9 Å². The number of rotatable bonds is 5. The lowest BCUT2D eigenvalue weighted by atomic mass is 9.87. The van der Waals surface area contributed by atoms with E-state index in [1.807, 2.05) is 0 Å². The quantitative estimate of drug-likeness (QED) is 0.359. The smallest absolute Gasteiger partial charge is 0.344 e. The van der Waals surface area contributed by atoms with Crippen molar-refractivity contribution in [2.75, 3.05) is 7.11 Å². The number of nitro benzene ring substituents is 1. The molecule has 0 aromatic heterocycles. The highest BCUT2D eigenvalue weighted by molar-refractivity contribution is 6.34. The van der Waals surface area contributed by atoms with Gasteiger partial charge < -0.3 is 10.1 Å². The predicted molar refractivity (Wildman–Crippen MR) is 69.7 cm³/mol. The molecule has 1 aromatic rings. The van der Waals surface area contributed by atoms with Crippen LogP contribution < -0.4 is 10.8 Å². The largest absolute Gasteiger partial charge is 0.465 e. The van der Waals surface area contributed by atoms with Crippen LogP contribution in [0, 0.1) is 10.1 Å². The number of hydrogen-bond donors (Lipinski definition) is 1. The van der Waals surface area contributed by atoms with E-state index in [0.717, 1.165) is 12.8 Å². The molecular formula is C12H13BN2O4. The van der Waals surface area contributed by atoms with Gasteiger partial charge >= 0.3 is 5.97 Å². The summed E-state index contributed by atoms with van der Waals surface area (Å²) in [5, 5.41) is 14.3. The van der Waals surface area contributed by atoms with E-state index in [1.165, 1.54) is 19.2 Å². The molecule has 1 aliphatic rings. The first-order valence-electron chi connectivity index (χ1n) is 5.92. The van der Waals surface area contributed by atoms with Gasteiger partial charge in [0.25, 0.3) is 5.69 Å². The molecule has 19 heavy (non-hydrogen) atoms. The first-order valence-corrected chi connectivity index (χ1v) is 5.92. The van der Waals surface area contributed by atoms with Gasteiger partial charge in [-0.25, -0.2) is 4.79 Å². The van der Waals surface area contributed by atoms with Crippen LogP contribution in [0.2, 0.25) is 0 Å². The third-order valence-corrected chi connectivity index (χ3v) is 3.05. The van der Waals surface area contributed by atoms with Gasteiger partial charge in [0.2, 0.25) is 0 Å². The number of nitro groups is 1. The second kappa shape index (κ2) is 5.40. The molecule has 98 valence electrons. The minimum absolute atomic E-state index is 0.0747. The second-order valence-electron chi connectivity index (χ2n) is 4.43. The molecule has 1 aromatic carbocycles. The van der Waals surface area contributed by atoms with Crippen LogP contribution in [0.5, 0.6) is 0 Å². The van der Waals surface area contributed by atoms with E-state index in [2.05, 4.69) is 10.1 Å². The van der Waals surface area contributed by atoms with Crippen LogP contribution in [0.15, 0.2) is 12.1 Å². The highest BCUT2D eigenvalue weighted by Crippen LogP contribution is 2.25. The monoisotopic (exact) mass is 260 g/mol. The number of benzene rings is 1. The van der Waals surface area contributed by atoms with Gasteiger partial charge in [-0.3, -0.25) is 10.1 Å². The van der Waals surface area contributed by atoms with E-state index >= 15 is 0 Å². The van der Waals surface area contributed by atoms with Crippen LogP contribution in [0.25, 0.3) is 0 Å². The van der Waals surface area contributed by atoms with Gasteiger partial charge in [0, 0.05) is 18.2 Å². The lowest BCUT2D eigenvalue weighted by Crippen LogP contribution is -2.24. The van der Waals surface area contributed by atoms with Gasteiger partial charge in [-0.2, -0.15) is 0 Å². The standard InChI is InChI=1S/C12H13BN2O4/c1-19-12(16)8-4-5-10(13)9(11(8)15(17)18)6-14-7-2-3-7/h4-5,7,14H,2-3,6H2,1H3. The van der Waals surface area contributed by atoms with Gasteiger partial charge in [0.1, 0.15) is 13.4 Å². The summed E-state index contributed by atoms with van der Waals surface area (Å²) in [6.45, 7) is 0.275. The Bertz CT molecular complexity index is 529. The molecule has 1 saturated carbocycles. The highest BCUT2D eigenvalue weighted by Gasteiger charge is 2.28.